The molecule has 3 nitrogen and oxygen atoms in total. The normalized spacial score (nSPS) is 10.4. The summed E-state index contributed by atoms with van der Waals surface area (Å²) in [4.78, 5) is 11.0. The van der Waals surface area contributed by atoms with Crippen LogP contribution in [0.4, 0.5) is 0 Å². The van der Waals surface area contributed by atoms with E-state index >= 15 is 0 Å². The van der Waals surface area contributed by atoms with E-state index < -0.39 is 0 Å². The summed E-state index contributed by atoms with van der Waals surface area (Å²) in [6, 6.07) is 17.0. The maximum atomic E-state index is 11.0. The van der Waals surface area contributed by atoms with E-state index in [2.05, 4.69) is 4.74 Å². The molecule has 19 heavy (non-hydrogen) atoms. The maximum Gasteiger partial charge on any atom is 0.330 e. The molecule has 0 aromatic heterocycles. The standard InChI is InChI=1S/C16H14O3/c1-18-16(17)12-9-13-7-10-15(11-8-13)19-14-5-3-2-4-6-14/h2-12H,1H3/b12-9+. The molecule has 0 fully saturated rings. The Bertz CT molecular complexity index is 556. The average Bonchev–Trinajstić information content (AvgIpc) is 2.47. The first-order valence-corrected chi connectivity index (χ1v) is 5.87. The number of benzene rings is 2. The van der Waals surface area contributed by atoms with Crippen LogP contribution in [-0.2, 0) is 9.53 Å². The van der Waals surface area contributed by atoms with Crippen molar-refractivity contribution < 1.29 is 14.3 Å². The molecule has 0 aliphatic rings. The van der Waals surface area contributed by atoms with Crippen LogP contribution in [0.25, 0.3) is 6.08 Å². The van der Waals surface area contributed by atoms with Crippen molar-refractivity contribution in [3.8, 4) is 11.5 Å². The first-order chi connectivity index (χ1) is 9.28. The second-order valence-corrected chi connectivity index (χ2v) is 3.84. The van der Waals surface area contributed by atoms with Crippen molar-refractivity contribution in [3.63, 3.8) is 0 Å². The zero-order valence-corrected chi connectivity index (χ0v) is 10.6. The van der Waals surface area contributed by atoms with Crippen LogP contribution in [0, 0.1) is 0 Å². The van der Waals surface area contributed by atoms with Gasteiger partial charge in [0.25, 0.3) is 0 Å². The zero-order valence-electron chi connectivity index (χ0n) is 10.6. The second-order valence-electron chi connectivity index (χ2n) is 3.84. The quantitative estimate of drug-likeness (QED) is 0.617. The van der Waals surface area contributed by atoms with Crippen LogP contribution in [-0.4, -0.2) is 13.1 Å². The summed E-state index contributed by atoms with van der Waals surface area (Å²) in [5, 5.41) is 0. The smallest absolute Gasteiger partial charge is 0.330 e. The summed E-state index contributed by atoms with van der Waals surface area (Å²) < 4.78 is 10.2. The number of carbonyl (C=O) groups is 1. The molecule has 0 amide bonds. The molecule has 0 aliphatic carbocycles. The highest BCUT2D eigenvalue weighted by Gasteiger charge is 1.96. The molecule has 0 radical (unpaired) electrons. The fourth-order valence-electron chi connectivity index (χ4n) is 1.50. The molecule has 96 valence electrons. The van der Waals surface area contributed by atoms with Gasteiger partial charge in [0.1, 0.15) is 11.5 Å². The van der Waals surface area contributed by atoms with Gasteiger partial charge >= 0.3 is 5.97 Å². The van der Waals surface area contributed by atoms with Crippen LogP contribution < -0.4 is 4.74 Å². The lowest BCUT2D eigenvalue weighted by molar-refractivity contribution is -0.134. The van der Waals surface area contributed by atoms with Crippen LogP contribution in [0.5, 0.6) is 11.5 Å². The van der Waals surface area contributed by atoms with Crippen molar-refractivity contribution in [2.24, 2.45) is 0 Å². The van der Waals surface area contributed by atoms with Crippen molar-refractivity contribution in [3.05, 3.63) is 66.2 Å². The van der Waals surface area contributed by atoms with Gasteiger partial charge in [0.05, 0.1) is 7.11 Å². The molecule has 0 saturated carbocycles. The van der Waals surface area contributed by atoms with Gasteiger partial charge in [-0.2, -0.15) is 0 Å². The Balaban J connectivity index is 2.03. The molecule has 0 N–H and O–H groups in total. The van der Waals surface area contributed by atoms with E-state index in [1.807, 2.05) is 54.6 Å². The predicted molar refractivity (Wildman–Crippen MR) is 74.0 cm³/mol. The Hall–Kier alpha value is -2.55. The lowest BCUT2D eigenvalue weighted by atomic mass is 10.2. The second kappa shape index (κ2) is 6.40. The van der Waals surface area contributed by atoms with E-state index in [-0.39, 0.29) is 5.97 Å². The first kappa shape index (κ1) is 12.9. The Kier molecular flexibility index (Phi) is 4.34. The van der Waals surface area contributed by atoms with Gasteiger partial charge in [-0.15, -0.1) is 0 Å². The Morgan fingerprint density at radius 1 is 0.947 bits per heavy atom. The van der Waals surface area contributed by atoms with Crippen LogP contribution in [0.15, 0.2) is 60.7 Å². The molecule has 0 unspecified atom stereocenters. The third-order valence-corrected chi connectivity index (χ3v) is 2.47. The minimum Gasteiger partial charge on any atom is -0.466 e. The van der Waals surface area contributed by atoms with Crippen molar-refractivity contribution in [2.45, 2.75) is 0 Å². The molecule has 0 aliphatic heterocycles. The fourth-order valence-corrected chi connectivity index (χ4v) is 1.50. The number of rotatable bonds is 4. The van der Waals surface area contributed by atoms with E-state index in [1.54, 1.807) is 6.08 Å². The third kappa shape index (κ3) is 4.00. The summed E-state index contributed by atoms with van der Waals surface area (Å²) in [5.74, 6) is 1.17. The summed E-state index contributed by atoms with van der Waals surface area (Å²) in [7, 11) is 1.35. The molecule has 2 aromatic carbocycles. The molecule has 0 saturated heterocycles. The molecule has 2 rings (SSSR count). The summed E-state index contributed by atoms with van der Waals surface area (Å²) in [5.41, 5.74) is 0.908. The number of esters is 1. The lowest BCUT2D eigenvalue weighted by Gasteiger charge is -2.05. The van der Waals surface area contributed by atoms with Gasteiger partial charge in [-0.3, -0.25) is 0 Å². The van der Waals surface area contributed by atoms with Crippen molar-refractivity contribution in [2.75, 3.05) is 7.11 Å². The molecule has 0 bridgehead atoms. The number of para-hydroxylation sites is 1. The largest absolute Gasteiger partial charge is 0.466 e. The minimum atomic E-state index is -0.371. The number of hydrogen-bond acceptors (Lipinski definition) is 3. The van der Waals surface area contributed by atoms with Crippen molar-refractivity contribution in [1.29, 1.82) is 0 Å². The van der Waals surface area contributed by atoms with Crippen molar-refractivity contribution >= 4 is 12.0 Å². The molecular formula is C16H14O3. The summed E-state index contributed by atoms with van der Waals surface area (Å²) >= 11 is 0. The molecule has 0 heterocycles. The van der Waals surface area contributed by atoms with Gasteiger partial charge in [-0.05, 0) is 35.9 Å². The number of carbonyl (C=O) groups excluding carboxylic acids is 1. The van der Waals surface area contributed by atoms with E-state index in [0.29, 0.717) is 0 Å². The molecule has 2 aromatic rings. The first-order valence-electron chi connectivity index (χ1n) is 5.87. The SMILES string of the molecule is COC(=O)/C=C/c1ccc(Oc2ccccc2)cc1. The van der Waals surface area contributed by atoms with Gasteiger partial charge in [-0.1, -0.05) is 30.3 Å². The Labute approximate surface area is 112 Å². The molecule has 0 atom stereocenters. The van der Waals surface area contributed by atoms with Crippen LogP contribution in [0.1, 0.15) is 5.56 Å². The van der Waals surface area contributed by atoms with Gasteiger partial charge < -0.3 is 9.47 Å². The summed E-state index contributed by atoms with van der Waals surface area (Å²) in [6.07, 6.45) is 3.07. The zero-order chi connectivity index (χ0) is 13.5. The van der Waals surface area contributed by atoms with E-state index in [9.17, 15) is 4.79 Å². The van der Waals surface area contributed by atoms with Gasteiger partial charge in [0.15, 0.2) is 0 Å². The van der Waals surface area contributed by atoms with Crippen LogP contribution in [0.2, 0.25) is 0 Å². The Morgan fingerprint density at radius 2 is 1.58 bits per heavy atom. The summed E-state index contributed by atoms with van der Waals surface area (Å²) in [6.45, 7) is 0. The highest BCUT2D eigenvalue weighted by atomic mass is 16.5. The third-order valence-electron chi connectivity index (χ3n) is 2.47. The van der Waals surface area contributed by atoms with Crippen LogP contribution in [0.3, 0.4) is 0 Å². The van der Waals surface area contributed by atoms with E-state index in [4.69, 9.17) is 4.74 Å². The van der Waals surface area contributed by atoms with Crippen LogP contribution >= 0.6 is 0 Å². The molecule has 0 spiro atoms. The maximum absolute atomic E-state index is 11.0. The van der Waals surface area contributed by atoms with Gasteiger partial charge in [-0.25, -0.2) is 4.79 Å². The Morgan fingerprint density at radius 3 is 2.21 bits per heavy atom. The van der Waals surface area contributed by atoms with E-state index in [1.165, 1.54) is 13.2 Å². The molecular weight excluding hydrogens is 240 g/mol. The highest BCUT2D eigenvalue weighted by Crippen LogP contribution is 2.21. The fraction of sp³-hybridized carbons (Fsp3) is 0.0625. The van der Waals surface area contributed by atoms with Gasteiger partial charge in [0.2, 0.25) is 0 Å². The number of hydrogen-bond donors (Lipinski definition) is 0. The molecule has 3 heteroatoms. The topological polar surface area (TPSA) is 35.5 Å². The monoisotopic (exact) mass is 254 g/mol. The average molecular weight is 254 g/mol. The number of ether oxygens (including phenoxy) is 2. The van der Waals surface area contributed by atoms with Crippen molar-refractivity contribution in [1.82, 2.24) is 0 Å². The lowest BCUT2D eigenvalue weighted by Crippen LogP contribution is -1.93. The van der Waals surface area contributed by atoms with Gasteiger partial charge in [0, 0.05) is 6.08 Å². The van der Waals surface area contributed by atoms with E-state index in [0.717, 1.165) is 17.1 Å². The number of methoxy groups -OCH3 is 1. The predicted octanol–water partition coefficient (Wildman–Crippen LogP) is 3.67. The highest BCUT2D eigenvalue weighted by molar-refractivity contribution is 5.86. The minimum absolute atomic E-state index is 0.371.